The Balaban J connectivity index is 0.000000496. The van der Waals surface area contributed by atoms with Gasteiger partial charge in [-0.1, -0.05) is 89.3 Å². The van der Waals surface area contributed by atoms with Crippen molar-refractivity contribution >= 4 is 0 Å². The van der Waals surface area contributed by atoms with E-state index in [0.29, 0.717) is 24.4 Å². The van der Waals surface area contributed by atoms with Gasteiger partial charge in [-0.15, -0.1) is 0 Å². The Kier molecular flexibility index (Phi) is 15.4. The molecule has 36 heavy (non-hydrogen) atoms. The lowest BCUT2D eigenvalue weighted by molar-refractivity contribution is -0.0582. The number of hydrogen-bond acceptors (Lipinski definition) is 4. The Morgan fingerprint density at radius 3 is 2.25 bits per heavy atom. The molecule has 2 unspecified atom stereocenters. The van der Waals surface area contributed by atoms with Crippen LogP contribution in [0.15, 0.2) is 34.9 Å². The molecule has 2 saturated carbocycles. The third-order valence-electron chi connectivity index (χ3n) is 8.72. The minimum atomic E-state index is -0.443. The third kappa shape index (κ3) is 10.1. The van der Waals surface area contributed by atoms with Crippen LogP contribution in [0.4, 0.5) is 0 Å². The molecule has 0 aromatic rings. The highest BCUT2D eigenvalue weighted by molar-refractivity contribution is 5.33. The van der Waals surface area contributed by atoms with Crippen LogP contribution in [0.5, 0.6) is 0 Å². The summed E-state index contributed by atoms with van der Waals surface area (Å²) in [7, 11) is 0. The van der Waals surface area contributed by atoms with Crippen molar-refractivity contribution in [3.8, 4) is 0 Å². The quantitative estimate of drug-likeness (QED) is 0.295. The highest BCUT2D eigenvalue weighted by atomic mass is 16.5. The van der Waals surface area contributed by atoms with Crippen LogP contribution in [0.3, 0.4) is 0 Å². The van der Waals surface area contributed by atoms with Gasteiger partial charge in [0, 0.05) is 0 Å². The van der Waals surface area contributed by atoms with Crippen molar-refractivity contribution in [2.45, 2.75) is 143 Å². The molecule has 4 heteroatoms. The minimum Gasteiger partial charge on any atom is -0.394 e. The fraction of sp³-hybridized carbons (Fsp3) is 0.812. The van der Waals surface area contributed by atoms with Crippen molar-refractivity contribution in [3.05, 3.63) is 34.9 Å². The Bertz CT molecular complexity index is 697. The molecule has 0 radical (unpaired) electrons. The Morgan fingerprint density at radius 2 is 1.75 bits per heavy atom. The number of hydrogen-bond donors (Lipinski definition) is 3. The molecule has 3 aliphatic carbocycles. The van der Waals surface area contributed by atoms with E-state index < -0.39 is 11.7 Å². The van der Waals surface area contributed by atoms with Crippen molar-refractivity contribution in [1.29, 1.82) is 0 Å². The first-order chi connectivity index (χ1) is 17.1. The number of fused-ring (bicyclic) bond motifs is 1. The van der Waals surface area contributed by atoms with Crippen LogP contribution < -0.4 is 0 Å². The zero-order valence-corrected chi connectivity index (χ0v) is 24.6. The van der Waals surface area contributed by atoms with Gasteiger partial charge >= 0.3 is 0 Å². The lowest BCUT2D eigenvalue weighted by Crippen LogP contribution is -2.34. The molecule has 0 heterocycles. The summed E-state index contributed by atoms with van der Waals surface area (Å²) in [6.45, 7) is 15.3. The molecule has 0 bridgehead atoms. The molecule has 4 nitrogen and oxygen atoms in total. The molecule has 0 spiro atoms. The Hall–Kier alpha value is -0.940. The SMILES string of the molecule is CCC(C)(O)CC.CCC1=CCC2/C(=C/C=C3/CC[C@H](OCCO)[C@H](O)C3)CCCC12C.CCCC. The topological polar surface area (TPSA) is 69.9 Å². The summed E-state index contributed by atoms with van der Waals surface area (Å²) in [5.74, 6) is 0.683. The normalized spacial score (nSPS) is 30.2. The van der Waals surface area contributed by atoms with Crippen LogP contribution in [-0.4, -0.2) is 46.3 Å². The summed E-state index contributed by atoms with van der Waals surface area (Å²) < 4.78 is 5.53. The zero-order chi connectivity index (χ0) is 27.2. The van der Waals surface area contributed by atoms with Crippen molar-refractivity contribution < 1.29 is 20.1 Å². The minimum absolute atomic E-state index is 0.0198. The highest BCUT2D eigenvalue weighted by Gasteiger charge is 2.43. The van der Waals surface area contributed by atoms with Gasteiger partial charge in [-0.05, 0) is 82.5 Å². The first-order valence-electron chi connectivity index (χ1n) is 14.8. The van der Waals surface area contributed by atoms with Crippen molar-refractivity contribution in [3.63, 3.8) is 0 Å². The van der Waals surface area contributed by atoms with Crippen molar-refractivity contribution in [2.75, 3.05) is 13.2 Å². The second-order valence-electron chi connectivity index (χ2n) is 11.4. The lowest BCUT2D eigenvalue weighted by Gasteiger charge is -2.41. The van der Waals surface area contributed by atoms with Crippen LogP contribution in [-0.2, 0) is 4.74 Å². The van der Waals surface area contributed by atoms with Crippen LogP contribution in [0.2, 0.25) is 0 Å². The average Bonchev–Trinajstić information content (AvgIpc) is 3.24. The number of unbranched alkanes of at least 4 members (excludes halogenated alkanes) is 1. The molecule has 3 rings (SSSR count). The Labute approximate surface area is 222 Å². The van der Waals surface area contributed by atoms with E-state index in [0.717, 1.165) is 25.7 Å². The van der Waals surface area contributed by atoms with Gasteiger partial charge in [0.15, 0.2) is 0 Å². The molecule has 3 N–H and O–H groups in total. The van der Waals surface area contributed by atoms with Crippen LogP contribution in [0.25, 0.3) is 0 Å². The first-order valence-corrected chi connectivity index (χ1v) is 14.8. The van der Waals surface area contributed by atoms with E-state index in [-0.39, 0.29) is 12.7 Å². The number of rotatable bonds is 8. The van der Waals surface area contributed by atoms with E-state index in [1.165, 1.54) is 50.5 Å². The van der Waals surface area contributed by atoms with E-state index in [1.807, 2.05) is 20.8 Å². The van der Waals surface area contributed by atoms with Crippen molar-refractivity contribution in [2.24, 2.45) is 11.3 Å². The average molecular weight is 507 g/mol. The predicted molar refractivity (Wildman–Crippen MR) is 153 cm³/mol. The maximum atomic E-state index is 10.3. The second kappa shape index (κ2) is 16.8. The fourth-order valence-electron chi connectivity index (χ4n) is 5.50. The van der Waals surface area contributed by atoms with Gasteiger partial charge in [0.2, 0.25) is 0 Å². The molecule has 0 saturated heterocycles. The van der Waals surface area contributed by atoms with Gasteiger partial charge in [-0.3, -0.25) is 0 Å². The maximum absolute atomic E-state index is 10.3. The van der Waals surface area contributed by atoms with Gasteiger partial charge in [0.05, 0.1) is 31.0 Å². The summed E-state index contributed by atoms with van der Waals surface area (Å²) in [4.78, 5) is 0. The smallest absolute Gasteiger partial charge is 0.0841 e. The predicted octanol–water partition coefficient (Wildman–Crippen LogP) is 7.67. The number of allylic oxidation sites excluding steroid dienone is 5. The van der Waals surface area contributed by atoms with E-state index in [2.05, 4.69) is 45.9 Å². The van der Waals surface area contributed by atoms with Crippen molar-refractivity contribution in [1.82, 2.24) is 0 Å². The summed E-state index contributed by atoms with van der Waals surface area (Å²) in [6, 6.07) is 0. The molecule has 4 atom stereocenters. The van der Waals surface area contributed by atoms with Crippen LogP contribution in [0, 0.1) is 11.3 Å². The molecular formula is C32H58O4. The van der Waals surface area contributed by atoms with Gasteiger partial charge in [-0.2, -0.15) is 0 Å². The van der Waals surface area contributed by atoms with E-state index in [4.69, 9.17) is 14.9 Å². The van der Waals surface area contributed by atoms with E-state index in [9.17, 15) is 5.11 Å². The highest BCUT2D eigenvalue weighted by Crippen LogP contribution is 2.55. The largest absolute Gasteiger partial charge is 0.394 e. The molecule has 0 aromatic heterocycles. The molecule has 2 fully saturated rings. The molecular weight excluding hydrogens is 448 g/mol. The van der Waals surface area contributed by atoms with Gasteiger partial charge in [0.25, 0.3) is 0 Å². The fourth-order valence-corrected chi connectivity index (χ4v) is 5.50. The second-order valence-corrected chi connectivity index (χ2v) is 11.4. The first kappa shape index (κ1) is 33.1. The molecule has 0 amide bonds. The standard InChI is InChI=1S/C22H34O3.C6H14O.C4H10/c1-3-18-9-10-19-17(5-4-12-22(18,19)2)8-6-16-7-11-21(20(24)15-16)25-14-13-23;1-4-6(3,7)5-2;1-3-4-2/h6,8-9,19-21,23-24H,3-5,7,10-15H2,1-2H3;7H,4-5H2,1-3H3;3-4H2,1-2H3/b16-6-,17-8+;;/t19?,20-,21+,22?;;/m1../s1. The zero-order valence-electron chi connectivity index (χ0n) is 24.6. The lowest BCUT2D eigenvalue weighted by atomic mass is 9.64. The maximum Gasteiger partial charge on any atom is 0.0841 e. The Morgan fingerprint density at radius 1 is 1.08 bits per heavy atom. The number of ether oxygens (including phenoxy) is 1. The number of aliphatic hydroxyl groups is 3. The van der Waals surface area contributed by atoms with E-state index in [1.54, 1.807) is 11.1 Å². The van der Waals surface area contributed by atoms with E-state index >= 15 is 0 Å². The monoisotopic (exact) mass is 506 g/mol. The molecule has 3 aliphatic rings. The summed E-state index contributed by atoms with van der Waals surface area (Å²) in [5, 5.41) is 28.3. The van der Waals surface area contributed by atoms with Gasteiger partial charge in [-0.25, -0.2) is 0 Å². The van der Waals surface area contributed by atoms with Crippen LogP contribution in [0.1, 0.15) is 126 Å². The molecule has 210 valence electrons. The summed E-state index contributed by atoms with van der Waals surface area (Å²) >= 11 is 0. The van der Waals surface area contributed by atoms with Gasteiger partial charge < -0.3 is 20.1 Å². The molecule has 0 aromatic carbocycles. The summed E-state index contributed by atoms with van der Waals surface area (Å²) in [6.07, 6.45) is 19.7. The van der Waals surface area contributed by atoms with Gasteiger partial charge in [0.1, 0.15) is 0 Å². The number of aliphatic hydroxyl groups excluding tert-OH is 2. The summed E-state index contributed by atoms with van der Waals surface area (Å²) in [5.41, 5.74) is 4.56. The van der Waals surface area contributed by atoms with Crippen LogP contribution >= 0.6 is 0 Å². The third-order valence-corrected chi connectivity index (χ3v) is 8.72. The molecule has 0 aliphatic heterocycles.